The summed E-state index contributed by atoms with van der Waals surface area (Å²) < 4.78 is 12.6. The second-order valence-electron chi connectivity index (χ2n) is 5.31. The van der Waals surface area contributed by atoms with Crippen molar-refractivity contribution in [2.24, 2.45) is 5.92 Å². The average Bonchev–Trinajstić information content (AvgIpc) is 2.97. The highest BCUT2D eigenvalue weighted by molar-refractivity contribution is 5.72. The molecule has 0 bridgehead atoms. The largest absolute Gasteiger partial charge is 0.493 e. The van der Waals surface area contributed by atoms with Crippen LogP contribution in [-0.2, 0) is 28.9 Å². The number of methoxy groups -OCH3 is 1. The van der Waals surface area contributed by atoms with E-state index in [1.54, 1.807) is 0 Å². The molecular weight excluding hydrogens is 282 g/mol. The fourth-order valence-electron chi connectivity index (χ4n) is 2.72. The Morgan fingerprint density at radius 3 is 2.91 bits per heavy atom. The second kappa shape index (κ2) is 6.60. The Bertz CT molecular complexity index is 639. The summed E-state index contributed by atoms with van der Waals surface area (Å²) in [6.45, 7) is 1.31. The predicted molar refractivity (Wildman–Crippen MR) is 79.5 cm³/mol. The highest BCUT2D eigenvalue weighted by Gasteiger charge is 2.28. The molecule has 1 aliphatic rings. The fraction of sp³-hybridized carbons (Fsp3) is 0.438. The lowest BCUT2D eigenvalue weighted by molar-refractivity contribution is -0.146. The third-order valence-electron chi connectivity index (χ3n) is 3.91. The van der Waals surface area contributed by atoms with E-state index in [1.807, 2.05) is 30.3 Å². The molecule has 0 saturated carbocycles. The maximum absolute atomic E-state index is 11.6. The van der Waals surface area contributed by atoms with E-state index in [9.17, 15) is 4.79 Å². The fourth-order valence-corrected chi connectivity index (χ4v) is 2.72. The van der Waals surface area contributed by atoms with E-state index in [0.717, 1.165) is 30.4 Å². The van der Waals surface area contributed by atoms with E-state index in [2.05, 4.69) is 14.8 Å². The number of rotatable bonds is 5. The van der Waals surface area contributed by atoms with E-state index in [0.29, 0.717) is 19.4 Å². The summed E-state index contributed by atoms with van der Waals surface area (Å²) in [5.74, 6) is 2.36. The molecule has 1 aliphatic heterocycles. The van der Waals surface area contributed by atoms with E-state index in [1.165, 1.54) is 7.11 Å². The summed E-state index contributed by atoms with van der Waals surface area (Å²) in [7, 11) is 1.42. The molecule has 2 aromatic rings. The molecule has 0 fully saturated rings. The van der Waals surface area contributed by atoms with Crippen LogP contribution in [-0.4, -0.2) is 34.5 Å². The smallest absolute Gasteiger partial charge is 0.309 e. The first-order chi connectivity index (χ1) is 10.8. The molecule has 1 unspecified atom stereocenters. The van der Waals surface area contributed by atoms with E-state index in [4.69, 9.17) is 9.47 Å². The van der Waals surface area contributed by atoms with Crippen LogP contribution in [0.5, 0.6) is 5.75 Å². The number of nitrogens with zero attached hydrogens (tertiary/aromatic N) is 3. The van der Waals surface area contributed by atoms with Gasteiger partial charge in [-0.15, -0.1) is 10.2 Å². The minimum absolute atomic E-state index is 0.102. The number of benzene rings is 1. The summed E-state index contributed by atoms with van der Waals surface area (Å²) >= 11 is 0. The summed E-state index contributed by atoms with van der Waals surface area (Å²) in [5, 5.41) is 8.43. The van der Waals surface area contributed by atoms with E-state index in [-0.39, 0.29) is 11.9 Å². The van der Waals surface area contributed by atoms with Gasteiger partial charge in [-0.05, 0) is 18.6 Å². The molecule has 22 heavy (non-hydrogen) atoms. The Labute approximate surface area is 129 Å². The SMILES string of the molecule is COC(=O)C1CCn2c(CCOc3ccccc3)nnc2C1. The molecule has 0 radical (unpaired) electrons. The molecule has 6 heteroatoms. The van der Waals surface area contributed by atoms with Crippen molar-refractivity contribution >= 4 is 5.97 Å². The molecule has 0 N–H and O–H groups in total. The third-order valence-corrected chi connectivity index (χ3v) is 3.91. The van der Waals surface area contributed by atoms with Crippen molar-refractivity contribution in [2.75, 3.05) is 13.7 Å². The van der Waals surface area contributed by atoms with Crippen LogP contribution in [0.25, 0.3) is 0 Å². The van der Waals surface area contributed by atoms with Crippen LogP contribution in [0.2, 0.25) is 0 Å². The molecule has 1 aromatic carbocycles. The Balaban J connectivity index is 1.58. The number of aromatic nitrogens is 3. The number of ether oxygens (including phenoxy) is 2. The van der Waals surface area contributed by atoms with Gasteiger partial charge in [0.2, 0.25) is 0 Å². The van der Waals surface area contributed by atoms with Gasteiger partial charge in [0, 0.05) is 19.4 Å². The van der Waals surface area contributed by atoms with Crippen LogP contribution in [0.15, 0.2) is 30.3 Å². The minimum atomic E-state index is -0.164. The Morgan fingerprint density at radius 2 is 2.14 bits per heavy atom. The summed E-state index contributed by atoms with van der Waals surface area (Å²) in [5.41, 5.74) is 0. The quantitative estimate of drug-likeness (QED) is 0.785. The van der Waals surface area contributed by atoms with Gasteiger partial charge in [0.15, 0.2) is 0 Å². The number of fused-ring (bicyclic) bond motifs is 1. The average molecular weight is 301 g/mol. The van der Waals surface area contributed by atoms with E-state index < -0.39 is 0 Å². The van der Waals surface area contributed by atoms with Crippen LogP contribution in [0.4, 0.5) is 0 Å². The van der Waals surface area contributed by atoms with Crippen LogP contribution >= 0.6 is 0 Å². The van der Waals surface area contributed by atoms with Crippen molar-refractivity contribution in [2.45, 2.75) is 25.8 Å². The van der Waals surface area contributed by atoms with Gasteiger partial charge in [-0.25, -0.2) is 0 Å². The van der Waals surface area contributed by atoms with Crippen LogP contribution in [0.3, 0.4) is 0 Å². The monoisotopic (exact) mass is 301 g/mol. The first-order valence-electron chi connectivity index (χ1n) is 7.44. The lowest BCUT2D eigenvalue weighted by Gasteiger charge is -2.21. The highest BCUT2D eigenvalue weighted by Crippen LogP contribution is 2.21. The molecular formula is C16H19N3O3. The maximum atomic E-state index is 11.6. The van der Waals surface area contributed by atoms with Crippen LogP contribution in [0.1, 0.15) is 18.1 Å². The van der Waals surface area contributed by atoms with Crippen molar-refractivity contribution in [3.05, 3.63) is 42.0 Å². The van der Waals surface area contributed by atoms with Gasteiger partial charge in [-0.3, -0.25) is 4.79 Å². The first kappa shape index (κ1) is 14.6. The summed E-state index contributed by atoms with van der Waals surface area (Å²) in [4.78, 5) is 11.6. The highest BCUT2D eigenvalue weighted by atomic mass is 16.5. The number of carbonyl (C=O) groups is 1. The molecule has 3 rings (SSSR count). The van der Waals surface area contributed by atoms with Gasteiger partial charge < -0.3 is 14.0 Å². The molecule has 0 spiro atoms. The first-order valence-corrected chi connectivity index (χ1v) is 7.44. The second-order valence-corrected chi connectivity index (χ2v) is 5.31. The minimum Gasteiger partial charge on any atom is -0.493 e. The number of hydrogen-bond acceptors (Lipinski definition) is 5. The standard InChI is InChI=1S/C16H19N3O3/c1-21-16(20)12-7-9-19-14(17-18-15(19)11-12)8-10-22-13-5-3-2-4-6-13/h2-6,12H,7-11H2,1H3. The number of para-hydroxylation sites is 1. The Morgan fingerprint density at radius 1 is 1.32 bits per heavy atom. The molecule has 1 atom stereocenters. The molecule has 1 aromatic heterocycles. The summed E-state index contributed by atoms with van der Waals surface area (Å²) in [6, 6.07) is 9.71. The van der Waals surface area contributed by atoms with Gasteiger partial charge >= 0.3 is 5.97 Å². The number of carbonyl (C=O) groups excluding carboxylic acids is 1. The number of hydrogen-bond donors (Lipinski definition) is 0. The zero-order chi connectivity index (χ0) is 15.4. The molecule has 2 heterocycles. The van der Waals surface area contributed by atoms with Crippen molar-refractivity contribution in [3.63, 3.8) is 0 Å². The lowest BCUT2D eigenvalue weighted by atomic mass is 9.98. The zero-order valence-electron chi connectivity index (χ0n) is 12.6. The van der Waals surface area contributed by atoms with Crippen LogP contribution in [0, 0.1) is 5.92 Å². The predicted octanol–water partition coefficient (Wildman–Crippen LogP) is 1.63. The van der Waals surface area contributed by atoms with Crippen LogP contribution < -0.4 is 4.74 Å². The normalized spacial score (nSPS) is 16.9. The lowest BCUT2D eigenvalue weighted by Crippen LogP contribution is -2.27. The van der Waals surface area contributed by atoms with Crippen molar-refractivity contribution in [1.29, 1.82) is 0 Å². The number of esters is 1. The Hall–Kier alpha value is -2.37. The van der Waals surface area contributed by atoms with E-state index >= 15 is 0 Å². The van der Waals surface area contributed by atoms with Gasteiger partial charge in [0.25, 0.3) is 0 Å². The van der Waals surface area contributed by atoms with Crippen molar-refractivity contribution in [3.8, 4) is 5.75 Å². The Kier molecular flexibility index (Phi) is 4.37. The van der Waals surface area contributed by atoms with Crippen molar-refractivity contribution < 1.29 is 14.3 Å². The third kappa shape index (κ3) is 3.10. The van der Waals surface area contributed by atoms with Crippen molar-refractivity contribution in [1.82, 2.24) is 14.8 Å². The molecule has 116 valence electrons. The molecule has 0 aliphatic carbocycles. The zero-order valence-corrected chi connectivity index (χ0v) is 12.6. The van der Waals surface area contributed by atoms with Gasteiger partial charge in [0.1, 0.15) is 17.4 Å². The maximum Gasteiger partial charge on any atom is 0.309 e. The topological polar surface area (TPSA) is 66.2 Å². The van der Waals surface area contributed by atoms with Gasteiger partial charge in [-0.1, -0.05) is 18.2 Å². The molecule has 0 amide bonds. The molecule has 0 saturated heterocycles. The molecule has 6 nitrogen and oxygen atoms in total. The van der Waals surface area contributed by atoms with Gasteiger partial charge in [-0.2, -0.15) is 0 Å². The summed E-state index contributed by atoms with van der Waals surface area (Å²) in [6.07, 6.45) is 2.06. The van der Waals surface area contributed by atoms with Gasteiger partial charge in [0.05, 0.1) is 19.6 Å².